The smallest absolute Gasteiger partial charge is 0.161 e. The molecule has 1 aromatic rings. The van der Waals surface area contributed by atoms with Gasteiger partial charge in [0.1, 0.15) is 0 Å². The van der Waals surface area contributed by atoms with Crippen LogP contribution in [0.1, 0.15) is 125 Å². The number of piperidine rings is 1. The number of hydrogen-bond acceptors (Lipinski definition) is 11. The van der Waals surface area contributed by atoms with Crippen LogP contribution in [-0.2, 0) is 35.5 Å². The molecule has 5 N–H and O–H groups in total. The van der Waals surface area contributed by atoms with Crippen molar-refractivity contribution in [1.82, 2.24) is 4.90 Å². The van der Waals surface area contributed by atoms with Gasteiger partial charge < -0.3 is 49.2 Å². The van der Waals surface area contributed by atoms with Gasteiger partial charge >= 0.3 is 0 Å². The zero-order chi connectivity index (χ0) is 41.3. The summed E-state index contributed by atoms with van der Waals surface area (Å²) < 4.78 is 31.8. The number of aromatic hydroxyl groups is 2. The van der Waals surface area contributed by atoms with Crippen molar-refractivity contribution < 1.29 is 49.2 Å². The fraction of sp³-hybridized carbons (Fsp3) is 0.818. The lowest BCUT2D eigenvalue weighted by atomic mass is 9.53. The first kappa shape index (κ1) is 47.6. The lowest BCUT2D eigenvalue weighted by Gasteiger charge is -2.61. The lowest BCUT2D eigenvalue weighted by molar-refractivity contribution is -0.149. The highest BCUT2D eigenvalue weighted by Crippen LogP contribution is 2.57. The predicted molar refractivity (Wildman–Crippen MR) is 217 cm³/mol. The molecule has 0 aromatic heterocycles. The number of fused-ring (bicyclic) bond motifs is 4. The van der Waals surface area contributed by atoms with Crippen LogP contribution >= 0.6 is 0 Å². The minimum absolute atomic E-state index is 0.0400. The van der Waals surface area contributed by atoms with Gasteiger partial charge in [-0.05, 0) is 132 Å². The average molecular weight is 780 g/mol. The minimum atomic E-state index is -1.17. The maximum atomic E-state index is 12.4. The molecule has 1 heterocycles. The van der Waals surface area contributed by atoms with Crippen molar-refractivity contribution >= 4 is 0 Å². The second-order valence-electron chi connectivity index (χ2n) is 18.7. The number of ether oxygens (including phenoxy) is 5. The van der Waals surface area contributed by atoms with E-state index in [2.05, 4.69) is 46.1 Å². The molecule has 1 fully saturated rings. The van der Waals surface area contributed by atoms with Crippen molar-refractivity contribution in [2.24, 2.45) is 5.92 Å². The summed E-state index contributed by atoms with van der Waals surface area (Å²) in [7, 11) is 0. The summed E-state index contributed by atoms with van der Waals surface area (Å²) in [4.78, 5) is 2.27. The van der Waals surface area contributed by atoms with E-state index in [1.807, 2.05) is 46.8 Å². The summed E-state index contributed by atoms with van der Waals surface area (Å²) in [5, 5.41) is 53.1. The zero-order valence-corrected chi connectivity index (χ0v) is 35.9. The van der Waals surface area contributed by atoms with Gasteiger partial charge in [-0.15, -0.1) is 6.58 Å². The van der Waals surface area contributed by atoms with Gasteiger partial charge in [0.05, 0.1) is 60.5 Å². The van der Waals surface area contributed by atoms with Gasteiger partial charge in [0.2, 0.25) is 0 Å². The molecular weight excluding hydrogens is 702 g/mol. The molecule has 2 bridgehead atoms. The topological polar surface area (TPSA) is 151 Å². The van der Waals surface area contributed by atoms with Crippen molar-refractivity contribution in [1.29, 1.82) is 0 Å². The molecule has 1 aromatic carbocycles. The third-order valence-corrected chi connectivity index (χ3v) is 12.2. The predicted octanol–water partition coefficient (Wildman–Crippen LogP) is 6.43. The number of phenols is 2. The number of aliphatic hydroxyl groups is 3. The van der Waals surface area contributed by atoms with Crippen molar-refractivity contribution in [3.63, 3.8) is 0 Å². The minimum Gasteiger partial charge on any atom is -0.504 e. The molecule has 4 atom stereocenters. The van der Waals surface area contributed by atoms with Crippen LogP contribution in [-0.4, -0.2) is 130 Å². The van der Waals surface area contributed by atoms with Crippen LogP contribution < -0.4 is 0 Å². The number of aliphatic hydroxyl groups excluding tert-OH is 2. The molecular formula is C44H77NO10. The van der Waals surface area contributed by atoms with Crippen LogP contribution in [0.3, 0.4) is 0 Å². The van der Waals surface area contributed by atoms with Gasteiger partial charge in [-0.25, -0.2) is 0 Å². The van der Waals surface area contributed by atoms with E-state index in [1.54, 1.807) is 6.07 Å². The summed E-state index contributed by atoms with van der Waals surface area (Å²) in [6.45, 7) is 27.8. The molecule has 0 radical (unpaired) electrons. The number of phenolic OH excluding ortho intramolecular Hbond substituents is 2. The molecule has 0 spiro atoms. The molecule has 11 nitrogen and oxygen atoms in total. The Morgan fingerprint density at radius 2 is 1.36 bits per heavy atom. The van der Waals surface area contributed by atoms with Crippen molar-refractivity contribution in [2.75, 3.05) is 59.3 Å². The number of benzene rings is 1. The second-order valence-corrected chi connectivity index (χ2v) is 18.7. The van der Waals surface area contributed by atoms with Crippen molar-refractivity contribution in [3.8, 4) is 11.5 Å². The monoisotopic (exact) mass is 780 g/mol. The van der Waals surface area contributed by atoms with E-state index in [0.29, 0.717) is 90.1 Å². The Morgan fingerprint density at radius 3 is 1.89 bits per heavy atom. The van der Waals surface area contributed by atoms with Crippen LogP contribution in [0.15, 0.2) is 24.8 Å². The van der Waals surface area contributed by atoms with Crippen LogP contribution in [0.4, 0.5) is 0 Å². The van der Waals surface area contributed by atoms with Crippen LogP contribution in [0.2, 0.25) is 0 Å². The lowest BCUT2D eigenvalue weighted by Crippen LogP contribution is -2.70. The van der Waals surface area contributed by atoms with Crippen LogP contribution in [0.25, 0.3) is 0 Å². The van der Waals surface area contributed by atoms with E-state index in [-0.39, 0.29) is 42.8 Å². The second kappa shape index (κ2) is 19.8. The first-order valence-electron chi connectivity index (χ1n) is 20.6. The number of rotatable bonds is 26. The summed E-state index contributed by atoms with van der Waals surface area (Å²) >= 11 is 0. The van der Waals surface area contributed by atoms with Gasteiger partial charge in [-0.2, -0.15) is 0 Å². The van der Waals surface area contributed by atoms with Crippen LogP contribution in [0.5, 0.6) is 11.5 Å². The van der Waals surface area contributed by atoms with E-state index >= 15 is 0 Å². The van der Waals surface area contributed by atoms with E-state index < -0.39 is 33.4 Å². The molecule has 1 saturated heterocycles. The van der Waals surface area contributed by atoms with Crippen molar-refractivity contribution in [3.05, 3.63) is 35.9 Å². The van der Waals surface area contributed by atoms with Gasteiger partial charge in [0, 0.05) is 49.3 Å². The van der Waals surface area contributed by atoms with Crippen molar-refractivity contribution in [2.45, 2.75) is 166 Å². The normalized spacial score (nSPS) is 22.9. The number of hydrogen-bond donors (Lipinski definition) is 5. The standard InChI is InChI=1S/C44H77NO10/c1-12-21-45-22-16-44(37-33(14-15-35(48)38(37)49)27-36(45)43(44,11)50)28-34(13-2)51-25-19-41(7,8)52-26-20-42(9,10)55-31-32(29-53-39(3,4)17-23-46)30-54-40(5,6)18-24-47/h12,14-15,32,34,36,46-50H,1,13,16-31H2,2-11H3. The van der Waals surface area contributed by atoms with E-state index in [1.165, 1.54) is 0 Å². The van der Waals surface area contributed by atoms with Gasteiger partial charge in [0.25, 0.3) is 0 Å². The fourth-order valence-corrected chi connectivity index (χ4v) is 8.21. The largest absolute Gasteiger partial charge is 0.504 e. The summed E-state index contributed by atoms with van der Waals surface area (Å²) in [5.74, 6) is -0.339. The molecule has 4 unspecified atom stereocenters. The fourth-order valence-electron chi connectivity index (χ4n) is 8.21. The summed E-state index contributed by atoms with van der Waals surface area (Å²) in [5.41, 5.74) is -2.22. The Kier molecular flexibility index (Phi) is 17.1. The van der Waals surface area contributed by atoms with E-state index in [9.17, 15) is 25.5 Å². The summed E-state index contributed by atoms with van der Waals surface area (Å²) in [6, 6.07) is 3.28. The average Bonchev–Trinajstić information content (AvgIpc) is 3.07. The maximum absolute atomic E-state index is 12.4. The highest BCUT2D eigenvalue weighted by atomic mass is 16.5. The Hall–Kier alpha value is -1.80. The third-order valence-electron chi connectivity index (χ3n) is 12.2. The number of nitrogens with zero attached hydrogens (tertiary/aromatic N) is 1. The molecule has 0 saturated carbocycles. The van der Waals surface area contributed by atoms with E-state index in [4.69, 9.17) is 23.7 Å². The van der Waals surface area contributed by atoms with Gasteiger partial charge in [0.15, 0.2) is 11.5 Å². The molecule has 0 amide bonds. The number of likely N-dealkylation sites (tertiary alicyclic amines) is 1. The van der Waals surface area contributed by atoms with E-state index in [0.717, 1.165) is 18.5 Å². The Labute approximate surface area is 332 Å². The molecule has 318 valence electrons. The van der Waals surface area contributed by atoms with Gasteiger partial charge in [-0.3, -0.25) is 4.90 Å². The Bertz CT molecular complexity index is 1320. The van der Waals surface area contributed by atoms with Gasteiger partial charge in [-0.1, -0.05) is 19.1 Å². The Morgan fingerprint density at radius 1 is 0.836 bits per heavy atom. The first-order valence-corrected chi connectivity index (χ1v) is 20.6. The quantitative estimate of drug-likeness (QED) is 0.0523. The molecule has 1 aliphatic heterocycles. The molecule has 55 heavy (non-hydrogen) atoms. The molecule has 3 rings (SSSR count). The molecule has 1 aliphatic carbocycles. The SMILES string of the molecule is C=CCN1CCC2(CC(CC)OCCC(C)(C)OCCC(C)(C)OCC(COC(C)(C)CCO)COC(C)(C)CCO)c3c(ccc(O)c3O)CC1C2(C)O. The highest BCUT2D eigenvalue weighted by molar-refractivity contribution is 5.57. The highest BCUT2D eigenvalue weighted by Gasteiger charge is 2.61. The molecule has 2 aliphatic rings. The van der Waals surface area contributed by atoms with Crippen LogP contribution in [0, 0.1) is 5.92 Å². The third kappa shape index (κ3) is 12.8. The zero-order valence-electron chi connectivity index (χ0n) is 35.9. The summed E-state index contributed by atoms with van der Waals surface area (Å²) in [6.07, 6.45) is 6.53. The Balaban J connectivity index is 1.58. The molecule has 11 heteroatoms. The first-order chi connectivity index (χ1) is 25.6. The maximum Gasteiger partial charge on any atom is 0.161 e.